The predicted octanol–water partition coefficient (Wildman–Crippen LogP) is -2.12. The number of aliphatic carboxylic acids is 1. The molecule has 0 radical (unpaired) electrons. The van der Waals surface area contributed by atoms with E-state index in [1.54, 1.807) is 6.21 Å². The molecule has 76 valence electrons. The number of carboxylic acid groups (broad SMARTS) is 1. The zero-order valence-electron chi connectivity index (χ0n) is 10.00. The number of aliphatic imine (C=N–C) groups is 1. The van der Waals surface area contributed by atoms with Gasteiger partial charge in [0, 0.05) is 6.21 Å². The van der Waals surface area contributed by atoms with E-state index in [0.717, 1.165) is 0 Å². The zero-order chi connectivity index (χ0) is 10.6. The van der Waals surface area contributed by atoms with Crippen molar-refractivity contribution in [3.8, 4) is 0 Å². The monoisotopic (exact) mass is 207 g/mol. The van der Waals surface area contributed by atoms with Crippen LogP contribution in [-0.2, 0) is 4.79 Å². The fourth-order valence-electron chi connectivity index (χ4n) is 0.809. The van der Waals surface area contributed by atoms with Crippen LogP contribution in [0, 0.1) is 11.3 Å². The molecule has 0 aliphatic carbocycles. The van der Waals surface area contributed by atoms with Crippen molar-refractivity contribution in [2.75, 3.05) is 0 Å². The molecule has 0 aromatic carbocycles. The third-order valence-corrected chi connectivity index (χ3v) is 1.50. The fraction of sp³-hybridized carbons (Fsp3) is 0.800. The van der Waals surface area contributed by atoms with Crippen molar-refractivity contribution in [3.63, 3.8) is 0 Å². The summed E-state index contributed by atoms with van der Waals surface area (Å²) in [5.74, 6) is -1.13. The van der Waals surface area contributed by atoms with Crippen molar-refractivity contribution in [2.45, 2.75) is 40.7 Å². The molecule has 0 aliphatic heterocycles. The first-order valence-electron chi connectivity index (χ1n) is 4.49. The van der Waals surface area contributed by atoms with Gasteiger partial charge < -0.3 is 9.90 Å². The van der Waals surface area contributed by atoms with Crippen LogP contribution in [0.15, 0.2) is 4.99 Å². The molecule has 0 aromatic heterocycles. The van der Waals surface area contributed by atoms with E-state index < -0.39 is 12.0 Å². The molecule has 14 heavy (non-hydrogen) atoms. The van der Waals surface area contributed by atoms with Gasteiger partial charge in [-0.15, -0.1) is 0 Å². The number of carboxylic acids is 1. The number of hydrogen-bond donors (Lipinski definition) is 0. The Balaban J connectivity index is 0. The second kappa shape index (κ2) is 6.59. The Morgan fingerprint density at radius 3 is 2.00 bits per heavy atom. The van der Waals surface area contributed by atoms with Crippen LogP contribution in [0.2, 0.25) is 0 Å². The van der Waals surface area contributed by atoms with Gasteiger partial charge in [0.2, 0.25) is 0 Å². The Bertz CT molecular complexity index is 207. The Labute approximate surface area is 108 Å². The number of rotatable bonds is 3. The summed E-state index contributed by atoms with van der Waals surface area (Å²) in [4.78, 5) is 14.6. The smallest absolute Gasteiger partial charge is 0.548 e. The van der Waals surface area contributed by atoms with Crippen molar-refractivity contribution in [3.05, 3.63) is 0 Å². The van der Waals surface area contributed by atoms with Gasteiger partial charge >= 0.3 is 29.6 Å². The summed E-state index contributed by atoms with van der Waals surface area (Å²) in [5.41, 5.74) is -0.0808. The van der Waals surface area contributed by atoms with E-state index in [1.165, 1.54) is 0 Å². The minimum Gasteiger partial charge on any atom is -0.548 e. The molecule has 3 nitrogen and oxygen atoms in total. The molecular weight excluding hydrogens is 189 g/mol. The van der Waals surface area contributed by atoms with Gasteiger partial charge in [-0.25, -0.2) is 0 Å². The first-order valence-corrected chi connectivity index (χ1v) is 4.49. The zero-order valence-corrected chi connectivity index (χ0v) is 12.0. The van der Waals surface area contributed by atoms with Crippen molar-refractivity contribution < 1.29 is 39.5 Å². The second-order valence-electron chi connectivity index (χ2n) is 4.65. The van der Waals surface area contributed by atoms with Crippen LogP contribution in [0.5, 0.6) is 0 Å². The van der Waals surface area contributed by atoms with E-state index in [2.05, 4.69) is 4.99 Å². The summed E-state index contributed by atoms with van der Waals surface area (Å²) < 4.78 is 0. The number of hydrogen-bond acceptors (Lipinski definition) is 3. The minimum absolute atomic E-state index is 0. The molecule has 0 heterocycles. The van der Waals surface area contributed by atoms with Gasteiger partial charge in [0.25, 0.3) is 0 Å². The summed E-state index contributed by atoms with van der Waals surface area (Å²) in [6.45, 7) is 9.57. The van der Waals surface area contributed by atoms with Crippen molar-refractivity contribution >= 4 is 12.2 Å². The largest absolute Gasteiger partial charge is 1.00 e. The molecule has 0 fully saturated rings. The van der Waals surface area contributed by atoms with Crippen LogP contribution in [-0.4, -0.2) is 18.2 Å². The van der Waals surface area contributed by atoms with Crippen LogP contribution >= 0.6 is 0 Å². The third-order valence-electron chi connectivity index (χ3n) is 1.50. The van der Waals surface area contributed by atoms with E-state index in [1.807, 2.05) is 34.6 Å². The summed E-state index contributed by atoms with van der Waals surface area (Å²) in [7, 11) is 0. The summed E-state index contributed by atoms with van der Waals surface area (Å²) in [6, 6.07) is -0.723. The van der Waals surface area contributed by atoms with Gasteiger partial charge in [0.05, 0.1) is 12.0 Å². The third kappa shape index (κ3) is 7.54. The van der Waals surface area contributed by atoms with E-state index in [-0.39, 0.29) is 40.9 Å². The van der Waals surface area contributed by atoms with Crippen LogP contribution in [0.3, 0.4) is 0 Å². The molecule has 0 aliphatic rings. The topological polar surface area (TPSA) is 52.5 Å². The van der Waals surface area contributed by atoms with Gasteiger partial charge in [-0.1, -0.05) is 34.6 Å². The Hall–Kier alpha value is 0.140. The van der Waals surface area contributed by atoms with Gasteiger partial charge in [-0.2, -0.15) is 0 Å². The molecule has 0 spiro atoms. The molecule has 0 rings (SSSR count). The van der Waals surface area contributed by atoms with Gasteiger partial charge in [-0.3, -0.25) is 4.99 Å². The van der Waals surface area contributed by atoms with Crippen molar-refractivity contribution in [1.29, 1.82) is 0 Å². The van der Waals surface area contributed by atoms with Gasteiger partial charge in [0.1, 0.15) is 0 Å². The normalized spacial score (nSPS) is 14.1. The molecule has 0 saturated carbocycles. The Kier molecular flexibility index (Phi) is 7.80. The first kappa shape index (κ1) is 16.6. The van der Waals surface area contributed by atoms with Gasteiger partial charge in [0.15, 0.2) is 0 Å². The Morgan fingerprint density at radius 2 is 1.79 bits per heavy atom. The molecule has 0 amide bonds. The van der Waals surface area contributed by atoms with E-state index in [4.69, 9.17) is 0 Å². The van der Waals surface area contributed by atoms with E-state index in [9.17, 15) is 9.90 Å². The number of carbonyl (C=O) groups is 1. The average molecular weight is 207 g/mol. The Morgan fingerprint density at radius 1 is 1.36 bits per heavy atom. The summed E-state index contributed by atoms with van der Waals surface area (Å²) in [6.07, 6.45) is 1.67. The molecule has 0 unspecified atom stereocenters. The average Bonchev–Trinajstić information content (AvgIpc) is 1.82. The molecule has 0 N–H and O–H groups in total. The van der Waals surface area contributed by atoms with E-state index >= 15 is 0 Å². The fourth-order valence-corrected chi connectivity index (χ4v) is 0.809. The SMILES string of the molecule is CC(C)[C@H](N=CC(C)(C)C)C(=O)[O-].[Na+]. The first-order chi connectivity index (χ1) is 5.74. The van der Waals surface area contributed by atoms with E-state index in [0.29, 0.717) is 0 Å². The maximum Gasteiger partial charge on any atom is 1.00 e. The molecule has 1 atom stereocenters. The molecule has 4 heteroatoms. The predicted molar refractivity (Wildman–Crippen MR) is 51.6 cm³/mol. The van der Waals surface area contributed by atoms with Crippen LogP contribution < -0.4 is 34.7 Å². The maximum absolute atomic E-state index is 10.6. The van der Waals surface area contributed by atoms with Crippen molar-refractivity contribution in [2.24, 2.45) is 16.3 Å². The van der Waals surface area contributed by atoms with Crippen LogP contribution in [0.1, 0.15) is 34.6 Å². The standard InChI is InChI=1S/C10H19NO2.Na/c1-7(2)8(9(12)13)11-6-10(3,4)5;/h6-8H,1-5H3,(H,12,13);/q;+1/p-1/t8-;/m0./s1. The summed E-state index contributed by atoms with van der Waals surface area (Å²) >= 11 is 0. The maximum atomic E-state index is 10.6. The molecular formula is C10H18NNaO2. The molecule has 0 saturated heterocycles. The molecule has 0 aromatic rings. The van der Waals surface area contributed by atoms with Gasteiger partial charge in [-0.05, 0) is 11.3 Å². The summed E-state index contributed by atoms with van der Waals surface area (Å²) in [5, 5.41) is 10.6. The number of carbonyl (C=O) groups excluding carboxylic acids is 1. The quantitative estimate of drug-likeness (QED) is 0.392. The molecule has 0 bridgehead atoms. The van der Waals surface area contributed by atoms with Crippen molar-refractivity contribution in [1.82, 2.24) is 0 Å². The van der Waals surface area contributed by atoms with Crippen LogP contribution in [0.4, 0.5) is 0 Å². The van der Waals surface area contributed by atoms with Crippen LogP contribution in [0.25, 0.3) is 0 Å². The number of nitrogens with zero attached hydrogens (tertiary/aromatic N) is 1. The minimum atomic E-state index is -1.10. The second-order valence-corrected chi connectivity index (χ2v) is 4.65.